The lowest BCUT2D eigenvalue weighted by Crippen LogP contribution is -2.02. The summed E-state index contributed by atoms with van der Waals surface area (Å²) in [6, 6.07) is 5.78. The van der Waals surface area contributed by atoms with Gasteiger partial charge in [-0.1, -0.05) is 6.07 Å². The average molecular weight is 197 g/mol. The fourth-order valence-electron chi connectivity index (χ4n) is 1.26. The lowest BCUT2D eigenvalue weighted by Gasteiger charge is -1.95. The Morgan fingerprint density at radius 1 is 1.46 bits per heavy atom. The van der Waals surface area contributed by atoms with Crippen LogP contribution in [0.4, 0.5) is 0 Å². The van der Waals surface area contributed by atoms with Crippen LogP contribution in [0.3, 0.4) is 0 Å². The van der Waals surface area contributed by atoms with Crippen molar-refractivity contribution in [1.29, 1.82) is 0 Å². The van der Waals surface area contributed by atoms with E-state index in [9.17, 15) is 0 Å². The second-order valence-electron chi connectivity index (χ2n) is 2.81. The minimum Gasteiger partial charge on any atom is -0.428 e. The summed E-state index contributed by atoms with van der Waals surface area (Å²) < 4.78 is 5.17. The van der Waals surface area contributed by atoms with Crippen molar-refractivity contribution in [2.24, 2.45) is 5.73 Å². The molecule has 1 aromatic carbocycles. The van der Waals surface area contributed by atoms with E-state index in [1.807, 2.05) is 18.2 Å². The van der Waals surface area contributed by atoms with Crippen molar-refractivity contribution in [3.8, 4) is 0 Å². The summed E-state index contributed by atoms with van der Waals surface area (Å²) in [7, 11) is 0. The van der Waals surface area contributed by atoms with Crippen LogP contribution in [-0.4, -0.2) is 11.5 Å². The molecule has 0 amide bonds. The van der Waals surface area contributed by atoms with E-state index in [1.54, 1.807) is 0 Å². The fraction of sp³-hybridized carbons (Fsp3) is 0.222. The van der Waals surface area contributed by atoms with Crippen molar-refractivity contribution >= 4 is 22.7 Å². The summed E-state index contributed by atoms with van der Waals surface area (Å²) in [5.41, 5.74) is 8.08. The molecular weight excluding hydrogens is 188 g/mol. The van der Waals surface area contributed by atoms with Gasteiger partial charge in [-0.25, -0.2) is 0 Å². The van der Waals surface area contributed by atoms with E-state index in [0.29, 0.717) is 6.54 Å². The zero-order valence-corrected chi connectivity index (χ0v) is 7.71. The Kier molecular flexibility index (Phi) is 2.20. The van der Waals surface area contributed by atoms with Crippen molar-refractivity contribution in [3.63, 3.8) is 0 Å². The highest BCUT2D eigenvalue weighted by Gasteiger charge is 2.03. The number of aromatic nitrogens is 1. The molecule has 0 bridgehead atoms. The minimum atomic E-state index is 0.180. The van der Waals surface area contributed by atoms with Gasteiger partial charge in [-0.3, -0.25) is 0 Å². The van der Waals surface area contributed by atoms with E-state index in [-0.39, 0.29) is 5.35 Å². The molecule has 1 aromatic heterocycles. The number of nitrogens with two attached hydrogens (primary N) is 1. The highest BCUT2D eigenvalue weighted by Crippen LogP contribution is 2.19. The van der Waals surface area contributed by atoms with Gasteiger partial charge in [-0.05, 0) is 42.3 Å². The van der Waals surface area contributed by atoms with Gasteiger partial charge in [-0.2, -0.15) is 4.98 Å². The predicted octanol–water partition coefficient (Wildman–Crippen LogP) is 1.98. The van der Waals surface area contributed by atoms with Crippen LogP contribution in [0.2, 0.25) is 5.35 Å². The van der Waals surface area contributed by atoms with E-state index in [4.69, 9.17) is 21.8 Å². The molecule has 3 nitrogen and oxygen atoms in total. The van der Waals surface area contributed by atoms with E-state index in [1.165, 1.54) is 0 Å². The van der Waals surface area contributed by atoms with Crippen LogP contribution < -0.4 is 5.73 Å². The maximum atomic E-state index is 5.61. The molecule has 0 saturated heterocycles. The second-order valence-corrected chi connectivity index (χ2v) is 3.13. The smallest absolute Gasteiger partial charge is 0.293 e. The molecule has 0 spiro atoms. The molecule has 68 valence electrons. The maximum Gasteiger partial charge on any atom is 0.293 e. The quantitative estimate of drug-likeness (QED) is 0.799. The highest BCUT2D eigenvalue weighted by molar-refractivity contribution is 6.28. The summed E-state index contributed by atoms with van der Waals surface area (Å²) >= 11 is 5.61. The van der Waals surface area contributed by atoms with Crippen molar-refractivity contribution < 1.29 is 4.42 Å². The monoisotopic (exact) mass is 196 g/mol. The first-order valence-electron chi connectivity index (χ1n) is 4.04. The Labute approximate surface area is 80.5 Å². The van der Waals surface area contributed by atoms with Crippen molar-refractivity contribution in [3.05, 3.63) is 29.1 Å². The molecule has 2 rings (SSSR count). The van der Waals surface area contributed by atoms with E-state index in [2.05, 4.69) is 4.98 Å². The molecular formula is C9H9ClN2O. The van der Waals surface area contributed by atoms with Crippen LogP contribution in [0.15, 0.2) is 22.6 Å². The third kappa shape index (κ3) is 1.66. The third-order valence-electron chi connectivity index (χ3n) is 1.86. The zero-order valence-electron chi connectivity index (χ0n) is 6.96. The largest absolute Gasteiger partial charge is 0.428 e. The van der Waals surface area contributed by atoms with E-state index in [0.717, 1.165) is 23.1 Å². The highest BCUT2D eigenvalue weighted by atomic mass is 35.5. The van der Waals surface area contributed by atoms with Crippen LogP contribution in [0.25, 0.3) is 11.1 Å². The lowest BCUT2D eigenvalue weighted by molar-refractivity contribution is 0.604. The van der Waals surface area contributed by atoms with E-state index < -0.39 is 0 Å². The number of hydrogen-bond acceptors (Lipinski definition) is 3. The molecule has 0 fully saturated rings. The standard InChI is InChI=1S/C9H9ClN2O/c10-9-12-7-2-1-6(3-4-11)5-8(7)13-9/h1-2,5H,3-4,11H2. The number of hydrogen-bond donors (Lipinski definition) is 1. The Morgan fingerprint density at radius 2 is 2.31 bits per heavy atom. The molecule has 0 atom stereocenters. The predicted molar refractivity (Wildman–Crippen MR) is 51.8 cm³/mol. The molecule has 0 aliphatic carbocycles. The van der Waals surface area contributed by atoms with Gasteiger partial charge in [0.25, 0.3) is 5.35 Å². The average Bonchev–Trinajstić information content (AvgIpc) is 2.44. The summed E-state index contributed by atoms with van der Waals surface area (Å²) in [6.45, 7) is 0.632. The molecule has 4 heteroatoms. The summed E-state index contributed by atoms with van der Waals surface area (Å²) in [5.74, 6) is 0. The summed E-state index contributed by atoms with van der Waals surface area (Å²) in [4.78, 5) is 3.98. The first-order chi connectivity index (χ1) is 6.29. The number of oxazole rings is 1. The molecule has 0 aliphatic rings. The van der Waals surface area contributed by atoms with Gasteiger partial charge in [0.15, 0.2) is 5.58 Å². The Balaban J connectivity index is 2.48. The molecule has 2 aromatic rings. The normalized spacial score (nSPS) is 10.9. The fourth-order valence-corrected chi connectivity index (χ4v) is 1.44. The van der Waals surface area contributed by atoms with Gasteiger partial charge in [0, 0.05) is 0 Å². The Bertz CT molecular complexity index is 424. The minimum absolute atomic E-state index is 0.180. The number of benzene rings is 1. The zero-order chi connectivity index (χ0) is 9.26. The lowest BCUT2D eigenvalue weighted by atomic mass is 10.1. The maximum absolute atomic E-state index is 5.61. The molecule has 0 unspecified atom stereocenters. The van der Waals surface area contributed by atoms with Crippen molar-refractivity contribution in [2.45, 2.75) is 6.42 Å². The third-order valence-corrected chi connectivity index (χ3v) is 2.02. The summed E-state index contributed by atoms with van der Waals surface area (Å²) in [5, 5.41) is 0.180. The van der Waals surface area contributed by atoms with Crippen LogP contribution in [0.1, 0.15) is 5.56 Å². The van der Waals surface area contributed by atoms with Gasteiger partial charge in [0.05, 0.1) is 0 Å². The van der Waals surface area contributed by atoms with Crippen LogP contribution >= 0.6 is 11.6 Å². The molecule has 0 radical (unpaired) electrons. The Morgan fingerprint density at radius 3 is 3.08 bits per heavy atom. The topological polar surface area (TPSA) is 52.0 Å². The number of rotatable bonds is 2. The molecule has 1 heterocycles. The first kappa shape index (κ1) is 8.53. The van der Waals surface area contributed by atoms with Crippen molar-refractivity contribution in [1.82, 2.24) is 4.98 Å². The van der Waals surface area contributed by atoms with Gasteiger partial charge in [0.1, 0.15) is 5.52 Å². The molecule has 0 saturated carbocycles. The molecule has 13 heavy (non-hydrogen) atoms. The van der Waals surface area contributed by atoms with Gasteiger partial charge in [-0.15, -0.1) is 0 Å². The van der Waals surface area contributed by atoms with Gasteiger partial charge < -0.3 is 10.2 Å². The van der Waals surface area contributed by atoms with Gasteiger partial charge >= 0.3 is 0 Å². The second kappa shape index (κ2) is 3.36. The van der Waals surface area contributed by atoms with Crippen molar-refractivity contribution in [2.75, 3.05) is 6.54 Å². The van der Waals surface area contributed by atoms with Gasteiger partial charge in [0.2, 0.25) is 0 Å². The van der Waals surface area contributed by atoms with E-state index >= 15 is 0 Å². The Hall–Kier alpha value is -1.06. The van der Waals surface area contributed by atoms with Crippen LogP contribution in [0, 0.1) is 0 Å². The summed E-state index contributed by atoms with van der Waals surface area (Å²) in [6.07, 6.45) is 0.842. The number of halogens is 1. The number of nitrogens with zero attached hydrogens (tertiary/aromatic N) is 1. The first-order valence-corrected chi connectivity index (χ1v) is 4.42. The molecule has 2 N–H and O–H groups in total. The number of fused-ring (bicyclic) bond motifs is 1. The van der Waals surface area contributed by atoms with Crippen LogP contribution in [-0.2, 0) is 6.42 Å². The van der Waals surface area contributed by atoms with Crippen LogP contribution in [0.5, 0.6) is 0 Å². The molecule has 0 aliphatic heterocycles. The SMILES string of the molecule is NCCc1ccc2nc(Cl)oc2c1.